The van der Waals surface area contributed by atoms with Gasteiger partial charge in [-0.3, -0.25) is 29.4 Å². The molecule has 1 aromatic rings. The van der Waals surface area contributed by atoms with E-state index in [2.05, 4.69) is 21.3 Å². The van der Waals surface area contributed by atoms with Crippen LogP contribution in [0.2, 0.25) is 0 Å². The largest absolute Gasteiger partial charge is 0.508 e. The van der Waals surface area contributed by atoms with Gasteiger partial charge in [0.05, 0.1) is 12.5 Å². The average molecular weight is 680 g/mol. The third-order valence-corrected chi connectivity index (χ3v) is 7.45. The summed E-state index contributed by atoms with van der Waals surface area (Å²) >= 11 is 0. The van der Waals surface area contributed by atoms with E-state index >= 15 is 0 Å². The van der Waals surface area contributed by atoms with Gasteiger partial charge in [-0.25, -0.2) is 4.79 Å². The maximum absolute atomic E-state index is 13.6. The number of phenols is 1. The SMILES string of the molecule is CC(C)[C@H](NC(=O)[C@H](CC(=O)O)NC(=O)[C@@](N)(CCCCN)C(=O)[C@@H](N)CCCNC(=N)N)C(=O)N[C@@H](Cc1ccc(O)cc1)C(=O)O. The standard InChI is InChI=1S/C30H49N9O9/c1-16(2)23(26(45)37-21(27(46)47)14-17-7-9-18(40)10-8-17)39-25(44)20(15-22(41)42)38-28(48)30(35,11-3-4-12-31)24(43)19(32)6-5-13-36-29(33)34/h7-10,16,19-21,23,40H,3-6,11-15,31-32,35H2,1-2H3,(H,37,45)(H,38,48)(H,39,44)(H,41,42)(H,46,47)(H4,33,34,36)/t19-,20-,21-,23-,30+/m0/s1. The van der Waals surface area contributed by atoms with E-state index in [1.54, 1.807) is 13.8 Å². The minimum atomic E-state index is -2.27. The van der Waals surface area contributed by atoms with Gasteiger partial charge in [-0.2, -0.15) is 0 Å². The molecule has 0 spiro atoms. The van der Waals surface area contributed by atoms with Gasteiger partial charge in [-0.05, 0) is 62.3 Å². The Balaban J connectivity index is 3.19. The van der Waals surface area contributed by atoms with Gasteiger partial charge in [0, 0.05) is 13.0 Å². The van der Waals surface area contributed by atoms with Crippen LogP contribution in [-0.2, 0) is 35.2 Å². The van der Waals surface area contributed by atoms with E-state index in [-0.39, 0.29) is 50.5 Å². The Kier molecular flexibility index (Phi) is 17.0. The molecular weight excluding hydrogens is 630 g/mol. The van der Waals surface area contributed by atoms with Gasteiger partial charge in [0.1, 0.15) is 23.9 Å². The molecule has 0 aliphatic heterocycles. The number of unbranched alkanes of at least 4 members (excludes halogenated alkanes) is 1. The first-order chi connectivity index (χ1) is 22.4. The van der Waals surface area contributed by atoms with Gasteiger partial charge >= 0.3 is 11.9 Å². The maximum Gasteiger partial charge on any atom is 0.326 e. The minimum absolute atomic E-state index is 0.0337. The number of amides is 3. The van der Waals surface area contributed by atoms with Crippen LogP contribution < -0.4 is 44.2 Å². The Morgan fingerprint density at radius 1 is 0.917 bits per heavy atom. The zero-order valence-corrected chi connectivity index (χ0v) is 27.2. The van der Waals surface area contributed by atoms with Gasteiger partial charge in [-0.1, -0.05) is 26.0 Å². The summed E-state index contributed by atoms with van der Waals surface area (Å²) in [5, 5.41) is 45.5. The number of guanidine groups is 1. The van der Waals surface area contributed by atoms with Crippen LogP contribution in [0.4, 0.5) is 0 Å². The number of nitrogens with two attached hydrogens (primary N) is 4. The predicted octanol–water partition coefficient (Wildman–Crippen LogP) is -2.41. The molecule has 0 aromatic heterocycles. The van der Waals surface area contributed by atoms with Crippen molar-refractivity contribution in [2.24, 2.45) is 28.9 Å². The van der Waals surface area contributed by atoms with Crippen molar-refractivity contribution in [1.82, 2.24) is 21.3 Å². The molecule has 16 N–H and O–H groups in total. The summed E-state index contributed by atoms with van der Waals surface area (Å²) in [4.78, 5) is 77.2. The van der Waals surface area contributed by atoms with E-state index in [1.165, 1.54) is 24.3 Å². The van der Waals surface area contributed by atoms with Crippen molar-refractivity contribution < 1.29 is 44.1 Å². The summed E-state index contributed by atoms with van der Waals surface area (Å²) in [7, 11) is 0. The Labute approximate surface area is 278 Å². The highest BCUT2D eigenvalue weighted by Crippen LogP contribution is 2.18. The number of carbonyl (C=O) groups excluding carboxylic acids is 4. The number of phenolic OH excluding ortho intramolecular Hbond substituents is 1. The van der Waals surface area contributed by atoms with Crippen LogP contribution in [0.15, 0.2) is 24.3 Å². The molecule has 0 aliphatic carbocycles. The first-order valence-corrected chi connectivity index (χ1v) is 15.4. The number of aromatic hydroxyl groups is 1. The number of Topliss-reactive ketones (excluding diaryl/α,β-unsaturated/α-hetero) is 1. The first kappa shape index (κ1) is 41.2. The number of hydrogen-bond acceptors (Lipinski definition) is 11. The van der Waals surface area contributed by atoms with E-state index in [4.69, 9.17) is 28.3 Å². The Hall–Kier alpha value is -4.81. The molecule has 0 radical (unpaired) electrons. The lowest BCUT2D eigenvalue weighted by Gasteiger charge is -2.32. The van der Waals surface area contributed by atoms with Crippen LogP contribution in [0, 0.1) is 11.3 Å². The van der Waals surface area contributed by atoms with Gasteiger partial charge in [0.25, 0.3) is 0 Å². The molecule has 0 heterocycles. The fourth-order valence-electron chi connectivity index (χ4n) is 4.69. The van der Waals surface area contributed by atoms with Crippen molar-refractivity contribution >= 4 is 41.4 Å². The van der Waals surface area contributed by atoms with E-state index in [9.17, 15) is 44.1 Å². The second-order valence-electron chi connectivity index (χ2n) is 11.8. The lowest BCUT2D eigenvalue weighted by Crippen LogP contribution is -2.66. The number of ketones is 1. The number of carboxylic acid groups (broad SMARTS) is 2. The highest BCUT2D eigenvalue weighted by Gasteiger charge is 2.45. The van der Waals surface area contributed by atoms with Gasteiger partial charge in [0.2, 0.25) is 17.7 Å². The molecule has 268 valence electrons. The summed E-state index contributed by atoms with van der Waals surface area (Å²) < 4.78 is 0. The Bertz CT molecular complexity index is 1290. The molecule has 18 nitrogen and oxygen atoms in total. The molecule has 48 heavy (non-hydrogen) atoms. The van der Waals surface area contributed by atoms with Crippen molar-refractivity contribution in [2.45, 2.75) is 88.5 Å². The summed E-state index contributed by atoms with van der Waals surface area (Å²) in [6, 6.07) is -0.131. The van der Waals surface area contributed by atoms with Crippen LogP contribution in [0.1, 0.15) is 57.9 Å². The molecule has 5 atom stereocenters. The van der Waals surface area contributed by atoms with E-state index < -0.39 is 77.5 Å². The molecule has 0 bridgehead atoms. The van der Waals surface area contributed by atoms with Crippen LogP contribution in [-0.4, -0.2) is 99.5 Å². The molecule has 0 saturated carbocycles. The number of rotatable bonds is 22. The first-order valence-electron chi connectivity index (χ1n) is 15.4. The van der Waals surface area contributed by atoms with Crippen molar-refractivity contribution in [3.8, 4) is 5.75 Å². The van der Waals surface area contributed by atoms with Crippen LogP contribution in [0.25, 0.3) is 0 Å². The molecule has 1 rings (SSSR count). The molecule has 18 heteroatoms. The number of carbonyl (C=O) groups is 6. The smallest absolute Gasteiger partial charge is 0.326 e. The third-order valence-electron chi connectivity index (χ3n) is 7.45. The molecule has 0 aliphatic rings. The highest BCUT2D eigenvalue weighted by molar-refractivity contribution is 6.13. The topological polar surface area (TPSA) is 339 Å². The van der Waals surface area contributed by atoms with E-state index in [0.717, 1.165) is 0 Å². The van der Waals surface area contributed by atoms with Gasteiger partial charge in [-0.15, -0.1) is 0 Å². The molecule has 1 aromatic carbocycles. The normalized spacial score (nSPS) is 14.8. The second kappa shape index (κ2) is 19.8. The van der Waals surface area contributed by atoms with Crippen molar-refractivity contribution in [3.05, 3.63) is 29.8 Å². The summed E-state index contributed by atoms with van der Waals surface area (Å²) in [6.07, 6.45) is -0.326. The van der Waals surface area contributed by atoms with Crippen molar-refractivity contribution in [2.75, 3.05) is 13.1 Å². The Morgan fingerprint density at radius 2 is 1.54 bits per heavy atom. The quantitative estimate of drug-likeness (QED) is 0.0263. The van der Waals surface area contributed by atoms with Crippen LogP contribution in [0.5, 0.6) is 5.75 Å². The highest BCUT2D eigenvalue weighted by atomic mass is 16.4. The van der Waals surface area contributed by atoms with Crippen LogP contribution >= 0.6 is 0 Å². The summed E-state index contributed by atoms with van der Waals surface area (Å²) in [5.74, 6) is -7.80. The average Bonchev–Trinajstić information content (AvgIpc) is 3.00. The number of benzene rings is 1. The second-order valence-corrected chi connectivity index (χ2v) is 11.8. The molecule has 0 unspecified atom stereocenters. The fourth-order valence-corrected chi connectivity index (χ4v) is 4.69. The number of nitrogens with one attached hydrogen (secondary N) is 5. The lowest BCUT2D eigenvalue weighted by molar-refractivity contribution is -0.144. The zero-order valence-electron chi connectivity index (χ0n) is 27.2. The minimum Gasteiger partial charge on any atom is -0.508 e. The molecule has 3 amide bonds. The monoisotopic (exact) mass is 679 g/mol. The van der Waals surface area contributed by atoms with Gasteiger partial charge < -0.3 is 59.5 Å². The Morgan fingerprint density at radius 3 is 2.06 bits per heavy atom. The predicted molar refractivity (Wildman–Crippen MR) is 174 cm³/mol. The van der Waals surface area contributed by atoms with E-state index in [0.29, 0.717) is 18.4 Å². The summed E-state index contributed by atoms with van der Waals surface area (Å²) in [5.41, 5.74) is 21.4. The zero-order chi connectivity index (χ0) is 36.6. The van der Waals surface area contributed by atoms with Gasteiger partial charge in [0.15, 0.2) is 17.3 Å². The van der Waals surface area contributed by atoms with Crippen LogP contribution in [0.3, 0.4) is 0 Å². The molecule has 0 saturated heterocycles. The lowest BCUT2D eigenvalue weighted by atomic mass is 9.83. The fraction of sp³-hybridized carbons (Fsp3) is 0.567. The van der Waals surface area contributed by atoms with Crippen molar-refractivity contribution in [3.63, 3.8) is 0 Å². The third kappa shape index (κ3) is 13.5. The number of carboxylic acids is 2. The van der Waals surface area contributed by atoms with Crippen molar-refractivity contribution in [1.29, 1.82) is 5.41 Å². The molecular formula is C30H49N9O9. The van der Waals surface area contributed by atoms with E-state index in [1.807, 2.05) is 0 Å². The molecule has 0 fully saturated rings. The maximum atomic E-state index is 13.6. The number of aliphatic carboxylic acids is 2. The number of hydrogen-bond donors (Lipinski definition) is 12. The summed E-state index contributed by atoms with van der Waals surface area (Å²) in [6.45, 7) is 3.57.